The Kier molecular flexibility index (Phi) is 7.38. The first-order chi connectivity index (χ1) is 13.5. The highest BCUT2D eigenvalue weighted by Gasteiger charge is 2.34. The van der Waals surface area contributed by atoms with Crippen LogP contribution in [0.4, 0.5) is 9.18 Å². The van der Waals surface area contributed by atoms with Gasteiger partial charge in [-0.05, 0) is 63.8 Å². The average molecular weight is 406 g/mol. The predicted octanol–water partition coefficient (Wildman–Crippen LogP) is 3.80. The lowest BCUT2D eigenvalue weighted by molar-refractivity contribution is -0.135. The number of likely N-dealkylation sites (tertiary alicyclic amines) is 1. The van der Waals surface area contributed by atoms with E-state index in [9.17, 15) is 18.8 Å². The summed E-state index contributed by atoms with van der Waals surface area (Å²) < 4.78 is 18.3. The molecule has 0 aliphatic carbocycles. The molecule has 1 aliphatic heterocycles. The summed E-state index contributed by atoms with van der Waals surface area (Å²) in [5, 5.41) is 2.68. The molecule has 0 aromatic heterocycles. The summed E-state index contributed by atoms with van der Waals surface area (Å²) in [6, 6.07) is 4.86. The van der Waals surface area contributed by atoms with Crippen molar-refractivity contribution < 1.29 is 23.5 Å². The molecule has 0 saturated carbocycles. The van der Waals surface area contributed by atoms with Crippen LogP contribution in [0.3, 0.4) is 0 Å². The van der Waals surface area contributed by atoms with E-state index in [-0.39, 0.29) is 29.3 Å². The Hall–Kier alpha value is -2.44. The first-order valence-corrected chi connectivity index (χ1v) is 10.1. The molecule has 2 rings (SSSR count). The number of benzene rings is 1. The van der Waals surface area contributed by atoms with Gasteiger partial charge in [0.1, 0.15) is 17.5 Å². The standard InChI is InChI=1S/C22H31FN2O4/c1-14(2)18(24-21(28)29-22(3,4)5)20(27)25-12-10-16(11-13-25)19(26)15-6-8-17(23)9-7-15/h6-9,14,16,18H,10-13H2,1-5H3,(H,24,28)/t18-/m0/s1. The molecule has 2 amide bonds. The highest BCUT2D eigenvalue weighted by Crippen LogP contribution is 2.23. The monoisotopic (exact) mass is 406 g/mol. The molecule has 1 aromatic rings. The zero-order chi connectivity index (χ0) is 21.8. The number of hydrogen-bond acceptors (Lipinski definition) is 4. The quantitative estimate of drug-likeness (QED) is 0.755. The van der Waals surface area contributed by atoms with Gasteiger partial charge in [-0.15, -0.1) is 0 Å². The lowest BCUT2D eigenvalue weighted by atomic mass is 9.88. The molecule has 1 fully saturated rings. The Morgan fingerprint density at radius 1 is 1.10 bits per heavy atom. The number of piperidine rings is 1. The van der Waals surface area contributed by atoms with Crippen molar-refractivity contribution >= 4 is 17.8 Å². The summed E-state index contributed by atoms with van der Waals surface area (Å²) in [5.41, 5.74) is -0.156. The third-order valence-electron chi connectivity index (χ3n) is 4.91. The highest BCUT2D eigenvalue weighted by molar-refractivity contribution is 5.98. The van der Waals surface area contributed by atoms with Crippen LogP contribution in [-0.4, -0.2) is 47.4 Å². The van der Waals surface area contributed by atoms with Crippen LogP contribution in [0.1, 0.15) is 57.8 Å². The van der Waals surface area contributed by atoms with Crippen molar-refractivity contribution in [2.75, 3.05) is 13.1 Å². The molecule has 160 valence electrons. The van der Waals surface area contributed by atoms with Crippen molar-refractivity contribution in [1.82, 2.24) is 10.2 Å². The van der Waals surface area contributed by atoms with E-state index >= 15 is 0 Å². The Morgan fingerprint density at radius 3 is 2.14 bits per heavy atom. The van der Waals surface area contributed by atoms with Crippen LogP contribution in [-0.2, 0) is 9.53 Å². The third-order valence-corrected chi connectivity index (χ3v) is 4.91. The van der Waals surface area contributed by atoms with Crippen LogP contribution < -0.4 is 5.32 Å². The number of rotatable bonds is 5. The van der Waals surface area contributed by atoms with Gasteiger partial charge in [0.05, 0.1) is 0 Å². The Balaban J connectivity index is 1.95. The number of halogens is 1. The summed E-state index contributed by atoms with van der Waals surface area (Å²) in [6.07, 6.45) is 0.462. The van der Waals surface area contributed by atoms with E-state index in [0.29, 0.717) is 31.5 Å². The zero-order valence-corrected chi connectivity index (χ0v) is 17.8. The van der Waals surface area contributed by atoms with Gasteiger partial charge in [0.25, 0.3) is 0 Å². The second-order valence-electron chi connectivity index (χ2n) is 8.84. The minimum Gasteiger partial charge on any atom is -0.444 e. The van der Waals surface area contributed by atoms with E-state index in [4.69, 9.17) is 4.74 Å². The zero-order valence-electron chi connectivity index (χ0n) is 17.8. The Bertz CT molecular complexity index is 732. The molecule has 1 saturated heterocycles. The number of Topliss-reactive ketones (excluding diaryl/α,β-unsaturated/α-hetero) is 1. The molecule has 1 aromatic carbocycles. The number of amides is 2. The summed E-state index contributed by atoms with van der Waals surface area (Å²) in [6.45, 7) is 9.91. The fourth-order valence-electron chi connectivity index (χ4n) is 3.36. The molecule has 29 heavy (non-hydrogen) atoms. The molecule has 0 spiro atoms. The van der Waals surface area contributed by atoms with Crippen LogP contribution in [0.15, 0.2) is 24.3 Å². The molecule has 1 N–H and O–H groups in total. The summed E-state index contributed by atoms with van der Waals surface area (Å²) >= 11 is 0. The van der Waals surface area contributed by atoms with Gasteiger partial charge in [-0.2, -0.15) is 0 Å². The molecule has 7 heteroatoms. The molecular weight excluding hydrogens is 375 g/mol. The second kappa shape index (κ2) is 9.37. The van der Waals surface area contributed by atoms with E-state index < -0.39 is 17.7 Å². The van der Waals surface area contributed by atoms with Crippen LogP contribution in [0.2, 0.25) is 0 Å². The number of carbonyl (C=O) groups is 3. The minimum atomic E-state index is -0.686. The molecule has 0 radical (unpaired) electrons. The number of alkyl carbamates (subject to hydrolysis) is 1. The minimum absolute atomic E-state index is 0.0237. The summed E-state index contributed by atoms with van der Waals surface area (Å²) in [4.78, 5) is 39.4. The maximum Gasteiger partial charge on any atom is 0.408 e. The molecular formula is C22H31FN2O4. The van der Waals surface area contributed by atoms with Gasteiger partial charge in [-0.1, -0.05) is 13.8 Å². The van der Waals surface area contributed by atoms with E-state index in [1.807, 2.05) is 13.8 Å². The summed E-state index contributed by atoms with van der Waals surface area (Å²) in [5.74, 6) is -0.864. The second-order valence-corrected chi connectivity index (χ2v) is 8.84. The normalized spacial score (nSPS) is 16.4. The molecule has 0 unspecified atom stereocenters. The first-order valence-electron chi connectivity index (χ1n) is 10.1. The predicted molar refractivity (Wildman–Crippen MR) is 108 cm³/mol. The van der Waals surface area contributed by atoms with Crippen LogP contribution in [0.25, 0.3) is 0 Å². The lowest BCUT2D eigenvalue weighted by Crippen LogP contribution is -2.54. The number of nitrogens with one attached hydrogen (secondary N) is 1. The van der Waals surface area contributed by atoms with Crippen molar-refractivity contribution in [2.45, 2.75) is 59.1 Å². The van der Waals surface area contributed by atoms with Gasteiger partial charge in [0, 0.05) is 24.6 Å². The van der Waals surface area contributed by atoms with Crippen LogP contribution in [0, 0.1) is 17.7 Å². The number of nitrogens with zero attached hydrogens (tertiary/aromatic N) is 1. The van der Waals surface area contributed by atoms with Gasteiger partial charge in [-0.3, -0.25) is 9.59 Å². The Labute approximate surface area is 171 Å². The van der Waals surface area contributed by atoms with Crippen molar-refractivity contribution in [3.8, 4) is 0 Å². The van der Waals surface area contributed by atoms with Gasteiger partial charge < -0.3 is 15.0 Å². The van der Waals surface area contributed by atoms with Crippen molar-refractivity contribution in [3.05, 3.63) is 35.6 Å². The third kappa shape index (κ3) is 6.54. The van der Waals surface area contributed by atoms with E-state index in [1.165, 1.54) is 24.3 Å². The van der Waals surface area contributed by atoms with Gasteiger partial charge in [0.15, 0.2) is 5.78 Å². The number of hydrogen-bond donors (Lipinski definition) is 1. The maximum atomic E-state index is 13.1. The number of ketones is 1. The average Bonchev–Trinajstić information content (AvgIpc) is 2.64. The van der Waals surface area contributed by atoms with Gasteiger partial charge in [-0.25, -0.2) is 9.18 Å². The lowest BCUT2D eigenvalue weighted by Gasteiger charge is -2.35. The largest absolute Gasteiger partial charge is 0.444 e. The maximum absolute atomic E-state index is 13.1. The van der Waals surface area contributed by atoms with E-state index in [0.717, 1.165) is 0 Å². The van der Waals surface area contributed by atoms with Crippen molar-refractivity contribution in [3.63, 3.8) is 0 Å². The molecule has 0 bridgehead atoms. The topological polar surface area (TPSA) is 75.7 Å². The van der Waals surface area contributed by atoms with Crippen molar-refractivity contribution in [1.29, 1.82) is 0 Å². The number of carbonyl (C=O) groups excluding carboxylic acids is 3. The fourth-order valence-corrected chi connectivity index (χ4v) is 3.36. The highest BCUT2D eigenvalue weighted by atomic mass is 19.1. The molecule has 1 aliphatic rings. The van der Waals surface area contributed by atoms with Crippen molar-refractivity contribution in [2.24, 2.45) is 11.8 Å². The summed E-state index contributed by atoms with van der Waals surface area (Å²) in [7, 11) is 0. The van der Waals surface area contributed by atoms with Crippen LogP contribution in [0.5, 0.6) is 0 Å². The molecule has 6 nitrogen and oxygen atoms in total. The van der Waals surface area contributed by atoms with Gasteiger partial charge in [0.2, 0.25) is 5.91 Å². The van der Waals surface area contributed by atoms with Crippen LogP contribution >= 0.6 is 0 Å². The fraction of sp³-hybridized carbons (Fsp3) is 0.591. The van der Waals surface area contributed by atoms with E-state index in [1.54, 1.807) is 25.7 Å². The Morgan fingerprint density at radius 2 is 1.66 bits per heavy atom. The molecule has 1 heterocycles. The first kappa shape index (κ1) is 22.8. The van der Waals surface area contributed by atoms with Gasteiger partial charge >= 0.3 is 6.09 Å². The molecule has 1 atom stereocenters. The number of ether oxygens (including phenoxy) is 1. The SMILES string of the molecule is CC(C)[C@H](NC(=O)OC(C)(C)C)C(=O)N1CCC(C(=O)c2ccc(F)cc2)CC1. The smallest absolute Gasteiger partial charge is 0.408 e. The van der Waals surface area contributed by atoms with E-state index in [2.05, 4.69) is 5.32 Å².